The molecule has 0 fully saturated rings. The molecule has 0 radical (unpaired) electrons. The standard InChI is InChI=1S/C12H10N2OS2/c1-6-7(2)17-12-9(6)11(15)13-10(14-12)8-4-3-5-16-8/h3-5H,1-2H3,(H,13,14,15). The molecule has 0 saturated heterocycles. The molecule has 0 saturated carbocycles. The number of nitrogens with one attached hydrogen (secondary N) is 1. The predicted molar refractivity (Wildman–Crippen MR) is 73.0 cm³/mol. The number of H-pyrrole nitrogens is 1. The van der Waals surface area contributed by atoms with E-state index in [1.807, 2.05) is 31.4 Å². The van der Waals surface area contributed by atoms with Gasteiger partial charge in [-0.25, -0.2) is 4.98 Å². The van der Waals surface area contributed by atoms with Gasteiger partial charge in [0, 0.05) is 4.88 Å². The lowest BCUT2D eigenvalue weighted by molar-refractivity contribution is 1.19. The largest absolute Gasteiger partial charge is 0.305 e. The summed E-state index contributed by atoms with van der Waals surface area (Å²) in [6.07, 6.45) is 0. The molecule has 3 rings (SSSR count). The summed E-state index contributed by atoms with van der Waals surface area (Å²) in [6.45, 7) is 3.99. The van der Waals surface area contributed by atoms with Crippen molar-refractivity contribution in [2.45, 2.75) is 13.8 Å². The van der Waals surface area contributed by atoms with Crippen molar-refractivity contribution in [3.63, 3.8) is 0 Å². The highest BCUT2D eigenvalue weighted by molar-refractivity contribution is 7.18. The van der Waals surface area contributed by atoms with E-state index in [0.29, 0.717) is 5.82 Å². The molecule has 0 aliphatic carbocycles. The minimum atomic E-state index is -0.0414. The zero-order valence-corrected chi connectivity index (χ0v) is 11.0. The number of fused-ring (bicyclic) bond motifs is 1. The lowest BCUT2D eigenvalue weighted by atomic mass is 10.2. The third kappa shape index (κ3) is 1.62. The van der Waals surface area contributed by atoms with Crippen molar-refractivity contribution in [2.75, 3.05) is 0 Å². The zero-order chi connectivity index (χ0) is 12.0. The highest BCUT2D eigenvalue weighted by atomic mass is 32.1. The van der Waals surface area contributed by atoms with E-state index in [-0.39, 0.29) is 5.56 Å². The van der Waals surface area contributed by atoms with E-state index in [2.05, 4.69) is 9.97 Å². The molecule has 0 bridgehead atoms. The van der Waals surface area contributed by atoms with Crippen molar-refractivity contribution in [1.82, 2.24) is 9.97 Å². The Hall–Kier alpha value is -1.46. The number of rotatable bonds is 1. The van der Waals surface area contributed by atoms with Crippen LogP contribution in [0.25, 0.3) is 20.9 Å². The molecule has 86 valence electrons. The molecule has 3 aromatic rings. The monoisotopic (exact) mass is 262 g/mol. The summed E-state index contributed by atoms with van der Waals surface area (Å²) in [5, 5.41) is 2.71. The van der Waals surface area contributed by atoms with Crippen LogP contribution in [0.2, 0.25) is 0 Å². The predicted octanol–water partition coefficient (Wildman–Crippen LogP) is 3.33. The average Bonchev–Trinajstić information content (AvgIpc) is 2.88. The van der Waals surface area contributed by atoms with Crippen LogP contribution in [0.15, 0.2) is 22.3 Å². The van der Waals surface area contributed by atoms with Gasteiger partial charge in [-0.1, -0.05) is 6.07 Å². The van der Waals surface area contributed by atoms with Gasteiger partial charge in [-0.15, -0.1) is 22.7 Å². The van der Waals surface area contributed by atoms with Crippen molar-refractivity contribution >= 4 is 32.9 Å². The molecular weight excluding hydrogens is 252 g/mol. The molecule has 0 aliphatic heterocycles. The van der Waals surface area contributed by atoms with E-state index in [1.165, 1.54) is 0 Å². The fourth-order valence-electron chi connectivity index (χ4n) is 1.78. The van der Waals surface area contributed by atoms with Crippen molar-refractivity contribution in [1.29, 1.82) is 0 Å². The van der Waals surface area contributed by atoms with Gasteiger partial charge in [-0.05, 0) is 30.9 Å². The second kappa shape index (κ2) is 3.78. The Labute approximate surface area is 106 Å². The molecular formula is C12H10N2OS2. The van der Waals surface area contributed by atoms with E-state index in [9.17, 15) is 4.79 Å². The van der Waals surface area contributed by atoms with Crippen LogP contribution in [0.1, 0.15) is 10.4 Å². The van der Waals surface area contributed by atoms with E-state index >= 15 is 0 Å². The molecule has 3 nitrogen and oxygen atoms in total. The smallest absolute Gasteiger partial charge is 0.260 e. The molecule has 5 heteroatoms. The van der Waals surface area contributed by atoms with Crippen LogP contribution in [-0.2, 0) is 0 Å². The molecule has 3 heterocycles. The SMILES string of the molecule is Cc1sc2nc(-c3cccs3)[nH]c(=O)c2c1C. The molecule has 0 aliphatic rings. The van der Waals surface area contributed by atoms with Gasteiger partial charge >= 0.3 is 0 Å². The molecule has 0 amide bonds. The first-order valence-corrected chi connectivity index (χ1v) is 6.90. The maximum absolute atomic E-state index is 12.0. The first kappa shape index (κ1) is 10.7. The normalized spacial score (nSPS) is 11.2. The quantitative estimate of drug-likeness (QED) is 0.731. The number of thiophene rings is 2. The fourth-order valence-corrected chi connectivity index (χ4v) is 3.48. The summed E-state index contributed by atoms with van der Waals surface area (Å²) in [5.74, 6) is 0.666. The lowest BCUT2D eigenvalue weighted by Gasteiger charge is -1.97. The maximum Gasteiger partial charge on any atom is 0.260 e. The van der Waals surface area contributed by atoms with Crippen LogP contribution in [0.3, 0.4) is 0 Å². The number of aromatic nitrogens is 2. The Morgan fingerprint density at radius 1 is 1.35 bits per heavy atom. The topological polar surface area (TPSA) is 45.8 Å². The Balaban J connectivity index is 2.36. The Morgan fingerprint density at radius 3 is 2.88 bits per heavy atom. The van der Waals surface area contributed by atoms with E-state index < -0.39 is 0 Å². The highest BCUT2D eigenvalue weighted by Gasteiger charge is 2.12. The Bertz CT molecular complexity index is 738. The van der Waals surface area contributed by atoms with Crippen LogP contribution in [-0.4, -0.2) is 9.97 Å². The number of nitrogens with zero attached hydrogens (tertiary/aromatic N) is 1. The van der Waals surface area contributed by atoms with Gasteiger partial charge in [0.2, 0.25) is 0 Å². The second-order valence-corrected chi connectivity index (χ2v) is 6.01. The molecule has 3 aromatic heterocycles. The number of aromatic amines is 1. The van der Waals surface area contributed by atoms with E-state index in [0.717, 1.165) is 25.5 Å². The van der Waals surface area contributed by atoms with Crippen LogP contribution < -0.4 is 5.56 Å². The fraction of sp³-hybridized carbons (Fsp3) is 0.167. The van der Waals surface area contributed by atoms with Crippen molar-refractivity contribution in [3.8, 4) is 10.7 Å². The van der Waals surface area contributed by atoms with Gasteiger partial charge in [-0.2, -0.15) is 0 Å². The van der Waals surface area contributed by atoms with Gasteiger partial charge < -0.3 is 4.98 Å². The summed E-state index contributed by atoms with van der Waals surface area (Å²) in [4.78, 5) is 22.4. The molecule has 0 spiro atoms. The number of hydrogen-bond acceptors (Lipinski definition) is 4. The summed E-state index contributed by atoms with van der Waals surface area (Å²) in [7, 11) is 0. The highest BCUT2D eigenvalue weighted by Crippen LogP contribution is 2.28. The van der Waals surface area contributed by atoms with Crippen molar-refractivity contribution in [3.05, 3.63) is 38.3 Å². The third-order valence-electron chi connectivity index (χ3n) is 2.79. The average molecular weight is 262 g/mol. The summed E-state index contributed by atoms with van der Waals surface area (Å²) < 4.78 is 0. The number of hydrogen-bond donors (Lipinski definition) is 1. The minimum absolute atomic E-state index is 0.0414. The van der Waals surface area contributed by atoms with Gasteiger partial charge in [-0.3, -0.25) is 4.79 Å². The molecule has 0 atom stereocenters. The Kier molecular flexibility index (Phi) is 2.38. The van der Waals surface area contributed by atoms with E-state index in [4.69, 9.17) is 0 Å². The molecule has 17 heavy (non-hydrogen) atoms. The van der Waals surface area contributed by atoms with Gasteiger partial charge in [0.1, 0.15) is 4.83 Å². The van der Waals surface area contributed by atoms with Gasteiger partial charge in [0.25, 0.3) is 5.56 Å². The molecule has 1 N–H and O–H groups in total. The lowest BCUT2D eigenvalue weighted by Crippen LogP contribution is -2.08. The Morgan fingerprint density at radius 2 is 2.18 bits per heavy atom. The first-order valence-electron chi connectivity index (χ1n) is 5.20. The summed E-state index contributed by atoms with van der Waals surface area (Å²) in [5.41, 5.74) is 0.997. The van der Waals surface area contributed by atoms with Gasteiger partial charge in [0.05, 0.1) is 10.3 Å². The third-order valence-corrected chi connectivity index (χ3v) is 4.77. The summed E-state index contributed by atoms with van der Waals surface area (Å²) in [6, 6.07) is 3.91. The van der Waals surface area contributed by atoms with Crippen molar-refractivity contribution in [2.24, 2.45) is 0 Å². The van der Waals surface area contributed by atoms with Crippen LogP contribution in [0.4, 0.5) is 0 Å². The van der Waals surface area contributed by atoms with Crippen LogP contribution in [0.5, 0.6) is 0 Å². The molecule has 0 aromatic carbocycles. The number of aryl methyl sites for hydroxylation is 2. The molecule has 0 unspecified atom stereocenters. The van der Waals surface area contributed by atoms with Crippen LogP contribution in [0, 0.1) is 13.8 Å². The second-order valence-electron chi connectivity index (χ2n) is 3.86. The summed E-state index contributed by atoms with van der Waals surface area (Å²) >= 11 is 3.15. The zero-order valence-electron chi connectivity index (χ0n) is 9.40. The van der Waals surface area contributed by atoms with E-state index in [1.54, 1.807) is 22.7 Å². The maximum atomic E-state index is 12.0. The van der Waals surface area contributed by atoms with Crippen molar-refractivity contribution < 1.29 is 0 Å². The van der Waals surface area contributed by atoms with Gasteiger partial charge in [0.15, 0.2) is 5.82 Å². The first-order chi connectivity index (χ1) is 8.16. The van der Waals surface area contributed by atoms with Crippen LogP contribution >= 0.6 is 22.7 Å². The minimum Gasteiger partial charge on any atom is -0.305 e.